The molecule has 0 aliphatic rings. The van der Waals surface area contributed by atoms with Crippen LogP contribution < -0.4 is 10.0 Å². The van der Waals surface area contributed by atoms with Crippen molar-refractivity contribution < 1.29 is 31.5 Å². The van der Waals surface area contributed by atoms with Crippen molar-refractivity contribution in [2.45, 2.75) is 24.9 Å². The lowest BCUT2D eigenvalue weighted by atomic mass is 10.1. The second-order valence-electron chi connectivity index (χ2n) is 5.83. The molecule has 10 heteroatoms. The first kappa shape index (κ1) is 20.6. The first-order valence-electron chi connectivity index (χ1n) is 7.68. The van der Waals surface area contributed by atoms with Gasteiger partial charge in [-0.05, 0) is 43.7 Å². The molecule has 0 saturated heterocycles. The highest BCUT2D eigenvalue weighted by atomic mass is 32.2. The molecule has 0 spiro atoms. The molecule has 0 radical (unpaired) electrons. The van der Waals surface area contributed by atoms with E-state index < -0.39 is 28.7 Å². The Labute approximate surface area is 154 Å². The number of hydrogen-bond acceptors (Lipinski definition) is 4. The monoisotopic (exact) mass is 402 g/mol. The van der Waals surface area contributed by atoms with Crippen LogP contribution in [0.2, 0.25) is 0 Å². The zero-order valence-electron chi connectivity index (χ0n) is 14.4. The minimum absolute atomic E-state index is 0.0597. The summed E-state index contributed by atoms with van der Waals surface area (Å²) in [5.74, 6) is -1.11. The molecule has 27 heavy (non-hydrogen) atoms. The minimum atomic E-state index is -4.58. The third kappa shape index (κ3) is 5.13. The van der Waals surface area contributed by atoms with E-state index in [4.69, 9.17) is 0 Å². The Morgan fingerprint density at radius 1 is 1.15 bits per heavy atom. The summed E-state index contributed by atoms with van der Waals surface area (Å²) < 4.78 is 64.0. The van der Waals surface area contributed by atoms with Crippen LogP contribution in [0.3, 0.4) is 0 Å². The van der Waals surface area contributed by atoms with Gasteiger partial charge in [0.05, 0.1) is 10.6 Å². The van der Waals surface area contributed by atoms with Crippen molar-refractivity contribution in [2.75, 3.05) is 11.3 Å². The molecule has 2 rings (SSSR count). The molecule has 2 aromatic rings. The summed E-state index contributed by atoms with van der Waals surface area (Å²) in [6.07, 6.45) is -4.58. The average molecular weight is 402 g/mol. The van der Waals surface area contributed by atoms with E-state index in [1.54, 1.807) is 12.2 Å². The molecule has 6 nitrogen and oxygen atoms in total. The fourth-order valence-electron chi connectivity index (χ4n) is 2.24. The maximum Gasteiger partial charge on any atom is 0.405 e. The molecule has 0 atom stereocenters. The average Bonchev–Trinajstić information content (AvgIpc) is 2.59. The Kier molecular flexibility index (Phi) is 5.69. The lowest BCUT2D eigenvalue weighted by Crippen LogP contribution is -2.33. The maximum atomic E-state index is 12.5. The third-order valence-corrected chi connectivity index (χ3v) is 5.10. The topological polar surface area (TPSA) is 95.5 Å². The van der Waals surface area contributed by atoms with E-state index in [0.717, 1.165) is 6.07 Å². The smallest absolute Gasteiger partial charge is 0.405 e. The number of amides is 1. The van der Waals surface area contributed by atoms with Crippen LogP contribution in [0.4, 0.5) is 18.9 Å². The molecule has 0 fully saturated rings. The molecular weight excluding hydrogens is 385 g/mol. The summed E-state index contributed by atoms with van der Waals surface area (Å²) in [5.41, 5.74) is 0.798. The Hall–Kier alpha value is -2.75. The molecule has 1 amide bonds. The van der Waals surface area contributed by atoms with Crippen molar-refractivity contribution in [3.05, 3.63) is 53.1 Å². The molecule has 0 bridgehead atoms. The number of rotatable bonds is 5. The Bertz CT molecular complexity index is 973. The maximum absolute atomic E-state index is 12.5. The molecule has 3 N–H and O–H groups in total. The van der Waals surface area contributed by atoms with Crippen molar-refractivity contribution in [1.82, 2.24) is 5.32 Å². The highest BCUT2D eigenvalue weighted by Crippen LogP contribution is 2.29. The predicted octanol–water partition coefficient (Wildman–Crippen LogP) is 3.10. The standard InChI is InChI=1S/C17H17F3N2O4S/c1-10-6-7-14(11(2)15(10)23)22-27(25,26)13-5-3-4-12(8-13)16(24)21-9-17(18,19)20/h3-8,22-23H,9H2,1-2H3,(H,21,24). The molecule has 2 aromatic carbocycles. The van der Waals surface area contributed by atoms with Crippen molar-refractivity contribution in [3.63, 3.8) is 0 Å². The van der Waals surface area contributed by atoms with Gasteiger partial charge in [0, 0.05) is 11.1 Å². The van der Waals surface area contributed by atoms with Crippen LogP contribution >= 0.6 is 0 Å². The van der Waals surface area contributed by atoms with Gasteiger partial charge in [0.25, 0.3) is 15.9 Å². The van der Waals surface area contributed by atoms with Gasteiger partial charge in [0.2, 0.25) is 0 Å². The Morgan fingerprint density at radius 3 is 2.44 bits per heavy atom. The number of sulfonamides is 1. The molecule has 0 heterocycles. The zero-order chi connectivity index (χ0) is 20.4. The van der Waals surface area contributed by atoms with Crippen LogP contribution in [-0.4, -0.2) is 32.2 Å². The van der Waals surface area contributed by atoms with E-state index >= 15 is 0 Å². The number of hydrogen-bond donors (Lipinski definition) is 3. The van der Waals surface area contributed by atoms with Crippen molar-refractivity contribution in [2.24, 2.45) is 0 Å². The van der Waals surface area contributed by atoms with Crippen LogP contribution in [0.1, 0.15) is 21.5 Å². The van der Waals surface area contributed by atoms with Crippen LogP contribution in [0.15, 0.2) is 41.3 Å². The van der Waals surface area contributed by atoms with E-state index in [2.05, 4.69) is 4.72 Å². The second-order valence-corrected chi connectivity index (χ2v) is 7.52. The van der Waals surface area contributed by atoms with Crippen LogP contribution in [0.25, 0.3) is 0 Å². The number of benzene rings is 2. The number of aryl methyl sites for hydroxylation is 1. The molecule has 0 unspecified atom stereocenters. The largest absolute Gasteiger partial charge is 0.507 e. The number of nitrogens with one attached hydrogen (secondary N) is 2. The van der Waals surface area contributed by atoms with Gasteiger partial charge in [-0.2, -0.15) is 13.2 Å². The number of carbonyl (C=O) groups excluding carboxylic acids is 1. The first-order chi connectivity index (χ1) is 12.4. The van der Waals surface area contributed by atoms with Crippen LogP contribution in [-0.2, 0) is 10.0 Å². The Balaban J connectivity index is 2.27. The summed E-state index contributed by atoms with van der Waals surface area (Å²) in [5, 5.41) is 11.6. The second kappa shape index (κ2) is 7.47. The van der Waals surface area contributed by atoms with E-state index in [-0.39, 0.29) is 21.9 Å². The summed E-state index contributed by atoms with van der Waals surface area (Å²) >= 11 is 0. The molecule has 0 aromatic heterocycles. The number of phenolic OH excluding ortho intramolecular Hbond substituents is 1. The molecule has 0 saturated carbocycles. The van der Waals surface area contributed by atoms with E-state index in [9.17, 15) is 31.5 Å². The zero-order valence-corrected chi connectivity index (χ0v) is 15.2. The van der Waals surface area contributed by atoms with Crippen molar-refractivity contribution >= 4 is 21.6 Å². The number of halogens is 3. The number of anilines is 1. The van der Waals surface area contributed by atoms with Gasteiger partial charge in [0.15, 0.2) is 0 Å². The van der Waals surface area contributed by atoms with E-state index in [1.165, 1.54) is 37.3 Å². The third-order valence-electron chi connectivity index (χ3n) is 3.73. The molecule has 0 aliphatic heterocycles. The van der Waals surface area contributed by atoms with Gasteiger partial charge >= 0.3 is 6.18 Å². The van der Waals surface area contributed by atoms with Gasteiger partial charge in [-0.3, -0.25) is 9.52 Å². The lowest BCUT2D eigenvalue weighted by molar-refractivity contribution is -0.123. The van der Waals surface area contributed by atoms with E-state index in [1.807, 2.05) is 0 Å². The van der Waals surface area contributed by atoms with Gasteiger partial charge in [-0.25, -0.2) is 8.42 Å². The van der Waals surface area contributed by atoms with Gasteiger partial charge in [-0.1, -0.05) is 12.1 Å². The number of phenols is 1. The molecular formula is C17H17F3N2O4S. The highest BCUT2D eigenvalue weighted by Gasteiger charge is 2.28. The first-order valence-corrected chi connectivity index (χ1v) is 9.16. The van der Waals surface area contributed by atoms with Gasteiger partial charge in [-0.15, -0.1) is 0 Å². The number of carbonyl (C=O) groups is 1. The predicted molar refractivity (Wildman–Crippen MR) is 93.2 cm³/mol. The minimum Gasteiger partial charge on any atom is -0.507 e. The SMILES string of the molecule is Cc1ccc(NS(=O)(=O)c2cccc(C(=O)NCC(F)(F)F)c2)c(C)c1O. The van der Waals surface area contributed by atoms with Crippen LogP contribution in [0, 0.1) is 13.8 Å². The highest BCUT2D eigenvalue weighted by molar-refractivity contribution is 7.92. The fourth-order valence-corrected chi connectivity index (χ4v) is 3.41. The molecule has 146 valence electrons. The quantitative estimate of drug-likeness (QED) is 0.716. The lowest BCUT2D eigenvalue weighted by Gasteiger charge is -2.13. The Morgan fingerprint density at radius 2 is 1.81 bits per heavy atom. The normalized spacial score (nSPS) is 11.9. The molecule has 0 aliphatic carbocycles. The summed E-state index contributed by atoms with van der Waals surface area (Å²) in [7, 11) is -4.13. The van der Waals surface area contributed by atoms with E-state index in [0.29, 0.717) is 11.1 Å². The van der Waals surface area contributed by atoms with Crippen molar-refractivity contribution in [1.29, 1.82) is 0 Å². The number of alkyl halides is 3. The summed E-state index contributed by atoms with van der Waals surface area (Å²) in [6, 6.07) is 7.62. The fraction of sp³-hybridized carbons (Fsp3) is 0.235. The number of aromatic hydroxyl groups is 1. The van der Waals surface area contributed by atoms with Crippen LogP contribution in [0.5, 0.6) is 5.75 Å². The summed E-state index contributed by atoms with van der Waals surface area (Å²) in [6.45, 7) is 1.66. The van der Waals surface area contributed by atoms with Gasteiger partial charge in [0.1, 0.15) is 12.3 Å². The van der Waals surface area contributed by atoms with Crippen molar-refractivity contribution in [3.8, 4) is 5.75 Å². The summed E-state index contributed by atoms with van der Waals surface area (Å²) in [4.78, 5) is 11.5. The van der Waals surface area contributed by atoms with Gasteiger partial charge < -0.3 is 10.4 Å².